The van der Waals surface area contributed by atoms with E-state index in [2.05, 4.69) is 16.4 Å². The summed E-state index contributed by atoms with van der Waals surface area (Å²) in [5.74, 6) is 6.95. The van der Waals surface area contributed by atoms with E-state index >= 15 is 0 Å². The standard InChI is InChI=1S/C14H25N3O2/c15-16-13(12-4-3-9-19-12)14(5-1-2-6-14)17-7-10-18-11-8-17/h4,13,16H,1-3,5-11,15H2. The molecule has 3 rings (SSSR count). The number of nitrogens with one attached hydrogen (secondary N) is 1. The van der Waals surface area contributed by atoms with Crippen molar-refractivity contribution in [1.29, 1.82) is 0 Å². The van der Waals surface area contributed by atoms with E-state index in [1.165, 1.54) is 25.7 Å². The maximum absolute atomic E-state index is 5.90. The summed E-state index contributed by atoms with van der Waals surface area (Å²) in [6, 6.07) is 0.121. The third-order valence-electron chi connectivity index (χ3n) is 4.83. The van der Waals surface area contributed by atoms with E-state index in [0.29, 0.717) is 0 Å². The molecule has 5 nitrogen and oxygen atoms in total. The quantitative estimate of drug-likeness (QED) is 0.582. The lowest BCUT2D eigenvalue weighted by molar-refractivity contribution is -0.0371. The van der Waals surface area contributed by atoms with Crippen molar-refractivity contribution >= 4 is 0 Å². The molecule has 1 saturated carbocycles. The number of ether oxygens (including phenoxy) is 2. The molecule has 0 radical (unpaired) electrons. The van der Waals surface area contributed by atoms with E-state index in [4.69, 9.17) is 15.3 Å². The molecule has 19 heavy (non-hydrogen) atoms. The zero-order chi connectivity index (χ0) is 13.1. The van der Waals surface area contributed by atoms with Gasteiger partial charge in [0.15, 0.2) is 0 Å². The number of hydrazine groups is 1. The minimum atomic E-state index is 0.120. The summed E-state index contributed by atoms with van der Waals surface area (Å²) in [4.78, 5) is 2.58. The van der Waals surface area contributed by atoms with Crippen LogP contribution in [0.2, 0.25) is 0 Å². The first-order chi connectivity index (χ1) is 9.37. The topological polar surface area (TPSA) is 59.8 Å². The highest BCUT2D eigenvalue weighted by Crippen LogP contribution is 2.41. The number of hydrogen-bond acceptors (Lipinski definition) is 5. The monoisotopic (exact) mass is 267 g/mol. The van der Waals surface area contributed by atoms with Crippen molar-refractivity contribution in [2.45, 2.75) is 43.7 Å². The van der Waals surface area contributed by atoms with E-state index in [-0.39, 0.29) is 11.6 Å². The Morgan fingerprint density at radius 2 is 1.95 bits per heavy atom. The summed E-state index contributed by atoms with van der Waals surface area (Å²) in [6.45, 7) is 4.47. The van der Waals surface area contributed by atoms with Crippen LogP contribution < -0.4 is 11.3 Å². The highest BCUT2D eigenvalue weighted by atomic mass is 16.5. The zero-order valence-electron chi connectivity index (χ0n) is 11.6. The molecule has 5 heteroatoms. The fourth-order valence-corrected chi connectivity index (χ4v) is 3.92. The molecule has 0 aromatic rings. The maximum atomic E-state index is 5.90. The van der Waals surface area contributed by atoms with Crippen LogP contribution in [0.4, 0.5) is 0 Å². The third-order valence-corrected chi connectivity index (χ3v) is 4.83. The lowest BCUT2D eigenvalue weighted by Gasteiger charge is -2.48. The van der Waals surface area contributed by atoms with E-state index in [1.54, 1.807) is 0 Å². The Kier molecular flexibility index (Phi) is 4.07. The predicted molar refractivity (Wildman–Crippen MR) is 73.4 cm³/mol. The van der Waals surface area contributed by atoms with Crippen LogP contribution in [0, 0.1) is 0 Å². The van der Waals surface area contributed by atoms with Crippen molar-refractivity contribution in [3.05, 3.63) is 11.8 Å². The average Bonchev–Trinajstić information content (AvgIpc) is 3.13. The Morgan fingerprint density at radius 3 is 2.53 bits per heavy atom. The molecule has 0 aromatic carbocycles. The molecule has 3 aliphatic rings. The summed E-state index contributed by atoms with van der Waals surface area (Å²) in [5, 5.41) is 0. The van der Waals surface area contributed by atoms with Gasteiger partial charge in [0.05, 0.1) is 25.9 Å². The van der Waals surface area contributed by atoms with Gasteiger partial charge in [-0.1, -0.05) is 12.8 Å². The van der Waals surface area contributed by atoms with Crippen molar-refractivity contribution in [2.75, 3.05) is 32.9 Å². The molecule has 3 N–H and O–H groups in total. The third kappa shape index (κ3) is 2.40. The van der Waals surface area contributed by atoms with Gasteiger partial charge in [-0.3, -0.25) is 10.7 Å². The lowest BCUT2D eigenvalue weighted by Crippen LogP contribution is -2.64. The van der Waals surface area contributed by atoms with Gasteiger partial charge in [-0.2, -0.15) is 0 Å². The van der Waals surface area contributed by atoms with Gasteiger partial charge in [0.1, 0.15) is 5.76 Å². The number of hydrogen-bond donors (Lipinski definition) is 2. The van der Waals surface area contributed by atoms with Crippen LogP contribution in [0.3, 0.4) is 0 Å². The number of nitrogens with zero attached hydrogens (tertiary/aromatic N) is 1. The Labute approximate surface area is 115 Å². The smallest absolute Gasteiger partial charge is 0.112 e. The zero-order valence-corrected chi connectivity index (χ0v) is 11.6. The summed E-state index contributed by atoms with van der Waals surface area (Å²) < 4.78 is 11.3. The number of morpholine rings is 1. The van der Waals surface area contributed by atoms with Crippen LogP contribution in [0.5, 0.6) is 0 Å². The molecule has 2 heterocycles. The summed E-state index contributed by atoms with van der Waals surface area (Å²) in [7, 11) is 0. The van der Waals surface area contributed by atoms with Gasteiger partial charge in [0.2, 0.25) is 0 Å². The molecule has 1 unspecified atom stereocenters. The molecule has 1 atom stereocenters. The van der Waals surface area contributed by atoms with Crippen molar-refractivity contribution in [3.8, 4) is 0 Å². The molecule has 2 fully saturated rings. The SMILES string of the molecule is NNC(C1=CCCO1)C1(N2CCOCC2)CCCC1. The molecule has 108 valence electrons. The van der Waals surface area contributed by atoms with Gasteiger partial charge in [-0.05, 0) is 18.9 Å². The first kappa shape index (κ1) is 13.4. The first-order valence-corrected chi connectivity index (χ1v) is 7.48. The first-order valence-electron chi connectivity index (χ1n) is 7.48. The van der Waals surface area contributed by atoms with Crippen molar-refractivity contribution in [2.24, 2.45) is 5.84 Å². The van der Waals surface area contributed by atoms with Crippen LogP contribution in [0.25, 0.3) is 0 Å². The normalized spacial score (nSPS) is 29.0. The molecular formula is C14H25N3O2. The van der Waals surface area contributed by atoms with E-state index in [9.17, 15) is 0 Å². The van der Waals surface area contributed by atoms with Crippen LogP contribution >= 0.6 is 0 Å². The van der Waals surface area contributed by atoms with Crippen molar-refractivity contribution in [1.82, 2.24) is 10.3 Å². The fraction of sp³-hybridized carbons (Fsp3) is 0.857. The van der Waals surface area contributed by atoms with Gasteiger partial charge in [0.25, 0.3) is 0 Å². The van der Waals surface area contributed by atoms with Crippen LogP contribution in [-0.2, 0) is 9.47 Å². The summed E-state index contributed by atoms with van der Waals surface area (Å²) >= 11 is 0. The van der Waals surface area contributed by atoms with Gasteiger partial charge in [0, 0.05) is 25.0 Å². The molecule has 1 aliphatic carbocycles. The van der Waals surface area contributed by atoms with Crippen molar-refractivity contribution < 1.29 is 9.47 Å². The molecular weight excluding hydrogens is 242 g/mol. The minimum Gasteiger partial charge on any atom is -0.496 e. The van der Waals surface area contributed by atoms with E-state index in [0.717, 1.165) is 45.1 Å². The molecule has 1 saturated heterocycles. The summed E-state index contributed by atoms with van der Waals surface area (Å²) in [5.41, 5.74) is 3.17. The number of rotatable bonds is 4. The lowest BCUT2D eigenvalue weighted by atomic mass is 9.84. The Bertz CT molecular complexity index is 334. The Morgan fingerprint density at radius 1 is 1.21 bits per heavy atom. The largest absolute Gasteiger partial charge is 0.496 e. The predicted octanol–water partition coefficient (Wildman–Crippen LogP) is 0.767. The highest BCUT2D eigenvalue weighted by molar-refractivity contribution is 5.18. The fourth-order valence-electron chi connectivity index (χ4n) is 3.92. The van der Waals surface area contributed by atoms with Gasteiger partial charge in [-0.15, -0.1) is 0 Å². The second-order valence-corrected chi connectivity index (χ2v) is 5.75. The molecule has 0 amide bonds. The molecule has 0 bridgehead atoms. The second kappa shape index (κ2) is 5.79. The Balaban J connectivity index is 1.85. The van der Waals surface area contributed by atoms with Crippen LogP contribution in [-0.4, -0.2) is 49.4 Å². The van der Waals surface area contributed by atoms with Crippen LogP contribution in [0.1, 0.15) is 32.1 Å². The Hall–Kier alpha value is -0.620. The second-order valence-electron chi connectivity index (χ2n) is 5.75. The van der Waals surface area contributed by atoms with Crippen molar-refractivity contribution in [3.63, 3.8) is 0 Å². The minimum absolute atomic E-state index is 0.120. The van der Waals surface area contributed by atoms with Gasteiger partial charge in [-0.25, -0.2) is 5.43 Å². The number of nitrogens with two attached hydrogens (primary N) is 1. The molecule has 0 aromatic heterocycles. The average molecular weight is 267 g/mol. The maximum Gasteiger partial charge on any atom is 0.112 e. The molecule has 0 spiro atoms. The van der Waals surface area contributed by atoms with Gasteiger partial charge >= 0.3 is 0 Å². The summed E-state index contributed by atoms with van der Waals surface area (Å²) in [6.07, 6.45) is 8.16. The molecule has 2 aliphatic heterocycles. The van der Waals surface area contributed by atoms with E-state index < -0.39 is 0 Å². The van der Waals surface area contributed by atoms with Crippen LogP contribution in [0.15, 0.2) is 11.8 Å². The highest BCUT2D eigenvalue weighted by Gasteiger charge is 2.48. The van der Waals surface area contributed by atoms with E-state index in [1.807, 2.05) is 0 Å². The van der Waals surface area contributed by atoms with Gasteiger partial charge < -0.3 is 9.47 Å².